The van der Waals surface area contributed by atoms with Gasteiger partial charge in [0.25, 0.3) is 0 Å². The van der Waals surface area contributed by atoms with Crippen LogP contribution in [0.15, 0.2) is 33.2 Å². The second kappa shape index (κ2) is 5.83. The van der Waals surface area contributed by atoms with Gasteiger partial charge in [0.15, 0.2) is 5.82 Å². The lowest BCUT2D eigenvalue weighted by atomic mass is 9.92. The number of rotatable bonds is 3. The Kier molecular flexibility index (Phi) is 3.65. The minimum absolute atomic E-state index is 0.0108. The second-order valence-corrected chi connectivity index (χ2v) is 6.18. The smallest absolute Gasteiger partial charge is 0.243 e. The Bertz CT molecular complexity index is 856. The third-order valence-corrected chi connectivity index (χ3v) is 4.51. The zero-order valence-electron chi connectivity index (χ0n) is 13.9. The van der Waals surface area contributed by atoms with E-state index in [0.29, 0.717) is 23.5 Å². The van der Waals surface area contributed by atoms with Gasteiger partial charge in [0, 0.05) is 13.5 Å². The molecule has 7 nitrogen and oxygen atoms in total. The van der Waals surface area contributed by atoms with E-state index in [1.54, 1.807) is 0 Å². The van der Waals surface area contributed by atoms with Gasteiger partial charge in [-0.1, -0.05) is 29.4 Å². The number of fused-ring (bicyclic) bond motifs is 1. The summed E-state index contributed by atoms with van der Waals surface area (Å²) in [6.07, 6.45) is 0.815. The Balaban J connectivity index is 1.73. The van der Waals surface area contributed by atoms with Gasteiger partial charge in [0.1, 0.15) is 0 Å². The van der Waals surface area contributed by atoms with Gasteiger partial charge in [-0.25, -0.2) is 0 Å². The van der Waals surface area contributed by atoms with E-state index in [2.05, 4.69) is 56.4 Å². The summed E-state index contributed by atoms with van der Waals surface area (Å²) in [5.41, 5.74) is 2.61. The first kappa shape index (κ1) is 15.0. The average Bonchev–Trinajstić information content (AvgIpc) is 3.21. The molecule has 124 valence electrons. The third-order valence-electron chi connectivity index (χ3n) is 4.51. The zero-order chi connectivity index (χ0) is 16.7. The largest absolute Gasteiger partial charge is 0.424 e. The average molecular weight is 325 g/mol. The highest BCUT2D eigenvalue weighted by molar-refractivity contribution is 5.31. The fourth-order valence-electron chi connectivity index (χ4n) is 3.25. The monoisotopic (exact) mass is 325 g/mol. The molecular formula is C17H19N5O2. The highest BCUT2D eigenvalue weighted by atomic mass is 16.5. The van der Waals surface area contributed by atoms with Crippen molar-refractivity contribution in [3.05, 3.63) is 58.9 Å². The van der Waals surface area contributed by atoms with Crippen LogP contribution in [0, 0.1) is 13.8 Å². The standard InChI is InChI=1S/C17H19N5O2/c1-10(16-18-11(2)21-24-16)22-9-14-7-5-4-6-13(14)8-15(22)17-20-19-12(3)23-17/h4-7,10,15H,8-9H2,1-3H3/t10-,15+/m0/s1. The highest BCUT2D eigenvalue weighted by Crippen LogP contribution is 2.38. The number of benzene rings is 1. The van der Waals surface area contributed by atoms with Crippen LogP contribution in [-0.2, 0) is 13.0 Å². The molecular weight excluding hydrogens is 306 g/mol. The predicted octanol–water partition coefficient (Wildman–Crippen LogP) is 2.93. The molecule has 0 bridgehead atoms. The van der Waals surface area contributed by atoms with E-state index < -0.39 is 0 Å². The van der Waals surface area contributed by atoms with Crippen molar-refractivity contribution in [2.24, 2.45) is 0 Å². The Morgan fingerprint density at radius 1 is 1.17 bits per heavy atom. The molecule has 2 aromatic heterocycles. The molecule has 0 aliphatic carbocycles. The maximum atomic E-state index is 5.73. The molecule has 0 spiro atoms. The lowest BCUT2D eigenvalue weighted by Crippen LogP contribution is -2.36. The summed E-state index contributed by atoms with van der Waals surface area (Å²) in [6, 6.07) is 8.39. The minimum Gasteiger partial charge on any atom is -0.424 e. The molecule has 24 heavy (non-hydrogen) atoms. The zero-order valence-corrected chi connectivity index (χ0v) is 13.9. The van der Waals surface area contributed by atoms with Crippen molar-refractivity contribution in [2.45, 2.75) is 45.8 Å². The summed E-state index contributed by atoms with van der Waals surface area (Å²) < 4.78 is 11.1. The molecule has 1 aliphatic heterocycles. The fourth-order valence-corrected chi connectivity index (χ4v) is 3.25. The normalized spacial score (nSPS) is 19.2. The van der Waals surface area contributed by atoms with E-state index in [4.69, 9.17) is 8.94 Å². The van der Waals surface area contributed by atoms with E-state index in [1.807, 2.05) is 13.8 Å². The molecule has 2 atom stereocenters. The predicted molar refractivity (Wildman–Crippen MR) is 84.9 cm³/mol. The van der Waals surface area contributed by atoms with E-state index >= 15 is 0 Å². The molecule has 0 radical (unpaired) electrons. The molecule has 0 fully saturated rings. The maximum absolute atomic E-state index is 5.73. The number of hydrogen-bond donors (Lipinski definition) is 0. The van der Waals surface area contributed by atoms with Gasteiger partial charge in [-0.05, 0) is 31.4 Å². The van der Waals surface area contributed by atoms with Gasteiger partial charge in [-0.15, -0.1) is 10.2 Å². The van der Waals surface area contributed by atoms with Crippen molar-refractivity contribution >= 4 is 0 Å². The van der Waals surface area contributed by atoms with E-state index in [9.17, 15) is 0 Å². The summed E-state index contributed by atoms with van der Waals surface area (Å²) >= 11 is 0. The van der Waals surface area contributed by atoms with Crippen LogP contribution in [0.25, 0.3) is 0 Å². The lowest BCUT2D eigenvalue weighted by molar-refractivity contribution is 0.0811. The minimum atomic E-state index is -0.0447. The van der Waals surface area contributed by atoms with Gasteiger partial charge in [-0.2, -0.15) is 4.98 Å². The fraction of sp³-hybridized carbons (Fsp3) is 0.412. The van der Waals surface area contributed by atoms with Crippen LogP contribution in [-0.4, -0.2) is 25.2 Å². The van der Waals surface area contributed by atoms with E-state index in [1.165, 1.54) is 11.1 Å². The Hall–Kier alpha value is -2.54. The molecule has 0 saturated carbocycles. The molecule has 0 amide bonds. The van der Waals surface area contributed by atoms with Crippen molar-refractivity contribution in [2.75, 3.05) is 0 Å². The molecule has 1 aliphatic rings. The van der Waals surface area contributed by atoms with Crippen molar-refractivity contribution in [3.63, 3.8) is 0 Å². The first-order valence-electron chi connectivity index (χ1n) is 8.04. The summed E-state index contributed by atoms with van der Waals surface area (Å²) in [6.45, 7) is 6.47. The molecule has 1 aromatic carbocycles. The third kappa shape index (κ3) is 2.60. The van der Waals surface area contributed by atoms with Crippen LogP contribution in [0.5, 0.6) is 0 Å². The lowest BCUT2D eigenvalue weighted by Gasteiger charge is -2.37. The van der Waals surface area contributed by atoms with Crippen LogP contribution in [0.3, 0.4) is 0 Å². The van der Waals surface area contributed by atoms with Crippen LogP contribution in [0.4, 0.5) is 0 Å². The summed E-state index contributed by atoms with van der Waals surface area (Å²) in [4.78, 5) is 6.67. The first-order chi connectivity index (χ1) is 11.6. The molecule has 3 heterocycles. The van der Waals surface area contributed by atoms with Crippen molar-refractivity contribution in [1.82, 2.24) is 25.2 Å². The topological polar surface area (TPSA) is 81.1 Å². The quantitative estimate of drug-likeness (QED) is 0.732. The summed E-state index contributed by atoms with van der Waals surface area (Å²) in [5, 5.41) is 12.2. The van der Waals surface area contributed by atoms with Gasteiger partial charge in [-0.3, -0.25) is 4.90 Å². The van der Waals surface area contributed by atoms with E-state index in [0.717, 1.165) is 13.0 Å². The van der Waals surface area contributed by atoms with Crippen LogP contribution in [0.2, 0.25) is 0 Å². The van der Waals surface area contributed by atoms with Crippen LogP contribution >= 0.6 is 0 Å². The molecule has 7 heteroatoms. The number of aryl methyl sites for hydroxylation is 2. The Labute approximate surface area is 139 Å². The molecule has 0 N–H and O–H groups in total. The van der Waals surface area contributed by atoms with Crippen LogP contribution in [0.1, 0.15) is 53.6 Å². The molecule has 0 unspecified atom stereocenters. The highest BCUT2D eigenvalue weighted by Gasteiger charge is 2.36. The Morgan fingerprint density at radius 3 is 2.62 bits per heavy atom. The van der Waals surface area contributed by atoms with Gasteiger partial charge in [0.05, 0.1) is 12.1 Å². The van der Waals surface area contributed by atoms with Gasteiger partial charge < -0.3 is 8.94 Å². The number of nitrogens with zero attached hydrogens (tertiary/aromatic N) is 5. The summed E-state index contributed by atoms with van der Waals surface area (Å²) in [7, 11) is 0. The molecule has 0 saturated heterocycles. The van der Waals surface area contributed by atoms with Gasteiger partial charge in [0.2, 0.25) is 17.7 Å². The number of hydrogen-bond acceptors (Lipinski definition) is 7. The van der Waals surface area contributed by atoms with Crippen molar-refractivity contribution in [3.8, 4) is 0 Å². The first-order valence-corrected chi connectivity index (χ1v) is 8.04. The Morgan fingerprint density at radius 2 is 1.96 bits per heavy atom. The van der Waals surface area contributed by atoms with Crippen molar-refractivity contribution < 1.29 is 8.94 Å². The van der Waals surface area contributed by atoms with E-state index in [-0.39, 0.29) is 12.1 Å². The van der Waals surface area contributed by atoms with Gasteiger partial charge >= 0.3 is 0 Å². The number of aromatic nitrogens is 4. The SMILES string of the molecule is Cc1noc([C@H](C)N2Cc3ccccc3C[C@@H]2c2nnc(C)o2)n1. The molecule has 4 rings (SSSR count). The van der Waals surface area contributed by atoms with Crippen molar-refractivity contribution in [1.29, 1.82) is 0 Å². The van der Waals surface area contributed by atoms with Crippen LogP contribution < -0.4 is 0 Å². The molecule has 3 aromatic rings. The summed E-state index contributed by atoms with van der Waals surface area (Å²) in [5.74, 6) is 2.45. The maximum Gasteiger partial charge on any atom is 0.243 e. The second-order valence-electron chi connectivity index (χ2n) is 6.18.